The summed E-state index contributed by atoms with van der Waals surface area (Å²) in [7, 11) is 1.84. The summed E-state index contributed by atoms with van der Waals surface area (Å²) in [6.07, 6.45) is 10.1. The van der Waals surface area contributed by atoms with Gasteiger partial charge in [0.05, 0.1) is 11.7 Å². The molecule has 1 N–H and O–H groups in total. The molecule has 1 heterocycles. The van der Waals surface area contributed by atoms with Crippen LogP contribution in [0.25, 0.3) is 5.69 Å². The van der Waals surface area contributed by atoms with Gasteiger partial charge in [-0.25, -0.2) is 9.67 Å². The largest absolute Gasteiger partial charge is 0.344 e. The van der Waals surface area contributed by atoms with E-state index in [9.17, 15) is 9.59 Å². The highest BCUT2D eigenvalue weighted by atomic mass is 16.2. The average Bonchev–Trinajstić information content (AvgIpc) is 3.35. The minimum atomic E-state index is -0.512. The second-order valence-electron chi connectivity index (χ2n) is 11.4. The Morgan fingerprint density at radius 2 is 1.62 bits per heavy atom. The Hall–Kier alpha value is -2.70. The maximum Gasteiger partial charge on any atom is 0.245 e. The fourth-order valence-electron chi connectivity index (χ4n) is 7.08. The van der Waals surface area contributed by atoms with Crippen LogP contribution in [-0.2, 0) is 9.59 Å². The summed E-state index contributed by atoms with van der Waals surface area (Å²) >= 11 is 0. The Kier molecular flexibility index (Phi) is 5.98. The molecule has 0 aliphatic heterocycles. The van der Waals surface area contributed by atoms with Crippen LogP contribution in [0.5, 0.6) is 0 Å². The molecule has 2 amide bonds. The molecule has 1 aromatic carbocycles. The lowest BCUT2D eigenvalue weighted by molar-refractivity contribution is -0.150. The van der Waals surface area contributed by atoms with E-state index in [0.717, 1.165) is 30.5 Å². The zero-order valence-corrected chi connectivity index (χ0v) is 20.8. The smallest absolute Gasteiger partial charge is 0.245 e. The van der Waals surface area contributed by atoms with Crippen molar-refractivity contribution in [1.29, 1.82) is 0 Å². The van der Waals surface area contributed by atoms with Crippen molar-refractivity contribution < 1.29 is 9.59 Å². The van der Waals surface area contributed by atoms with Crippen LogP contribution < -0.4 is 5.32 Å². The fraction of sp³-hybridized carbons (Fsp3) is 0.630. The van der Waals surface area contributed by atoms with Crippen molar-refractivity contribution in [2.75, 3.05) is 7.05 Å². The Morgan fingerprint density at radius 1 is 1.03 bits per heavy atom. The molecule has 4 fully saturated rings. The number of likely N-dealkylation sites (N-methyl/N-ethyl adjacent to an activating group) is 1. The summed E-state index contributed by atoms with van der Waals surface area (Å²) < 4.78 is 1.71. The molecule has 0 saturated heterocycles. The summed E-state index contributed by atoms with van der Waals surface area (Å²) in [5.74, 6) is 2.22. The molecule has 4 bridgehead atoms. The van der Waals surface area contributed by atoms with Gasteiger partial charge in [0, 0.05) is 12.5 Å². The second kappa shape index (κ2) is 8.82. The summed E-state index contributed by atoms with van der Waals surface area (Å²) in [4.78, 5) is 33.0. The molecule has 1 aromatic heterocycles. The third-order valence-corrected chi connectivity index (χ3v) is 8.73. The van der Waals surface area contributed by atoms with E-state index in [4.69, 9.17) is 0 Å². The first-order valence-electron chi connectivity index (χ1n) is 12.8. The van der Waals surface area contributed by atoms with Crippen molar-refractivity contribution in [2.45, 2.75) is 71.4 Å². The van der Waals surface area contributed by atoms with Crippen LogP contribution in [0.15, 0.2) is 36.9 Å². The highest BCUT2D eigenvalue weighted by Crippen LogP contribution is 2.60. The third kappa shape index (κ3) is 4.14. The van der Waals surface area contributed by atoms with E-state index in [-0.39, 0.29) is 29.2 Å². The van der Waals surface area contributed by atoms with E-state index in [0.29, 0.717) is 17.8 Å². The first-order valence-corrected chi connectivity index (χ1v) is 12.8. The minimum absolute atomic E-state index is 0.0229. The monoisotopic (exact) mass is 463 g/mol. The van der Waals surface area contributed by atoms with Gasteiger partial charge in [-0.15, -0.1) is 0 Å². The normalized spacial score (nSPS) is 29.1. The first kappa shape index (κ1) is 23.1. The Bertz CT molecular complexity index is 995. The van der Waals surface area contributed by atoms with E-state index in [1.807, 2.05) is 52.1 Å². The number of carbonyl (C=O) groups is 2. The molecule has 2 atom stereocenters. The number of amides is 2. The van der Waals surface area contributed by atoms with Gasteiger partial charge in [-0.3, -0.25) is 9.59 Å². The quantitative estimate of drug-likeness (QED) is 0.669. The van der Waals surface area contributed by atoms with E-state index >= 15 is 0 Å². The number of hydrogen-bond donors (Lipinski definition) is 1. The number of nitrogens with zero attached hydrogens (tertiary/aromatic N) is 4. The fourth-order valence-corrected chi connectivity index (χ4v) is 7.08. The van der Waals surface area contributed by atoms with Gasteiger partial charge in [-0.05, 0) is 86.8 Å². The second-order valence-corrected chi connectivity index (χ2v) is 11.4. The molecule has 2 aromatic rings. The molecule has 7 heteroatoms. The molecule has 4 saturated carbocycles. The highest BCUT2D eigenvalue weighted by molar-refractivity contribution is 5.90. The lowest BCUT2D eigenvalue weighted by Crippen LogP contribution is -2.58. The number of rotatable bonds is 7. The minimum Gasteiger partial charge on any atom is -0.344 e. The van der Waals surface area contributed by atoms with Gasteiger partial charge < -0.3 is 10.2 Å². The molecule has 0 spiro atoms. The molecule has 34 heavy (non-hydrogen) atoms. The van der Waals surface area contributed by atoms with Crippen LogP contribution >= 0.6 is 0 Å². The lowest BCUT2D eigenvalue weighted by atomic mass is 9.49. The van der Waals surface area contributed by atoms with Crippen LogP contribution in [0.4, 0.5) is 0 Å². The van der Waals surface area contributed by atoms with Crippen LogP contribution in [-0.4, -0.2) is 44.6 Å². The molecule has 7 nitrogen and oxygen atoms in total. The van der Waals surface area contributed by atoms with Crippen LogP contribution in [0, 0.1) is 29.1 Å². The van der Waals surface area contributed by atoms with Crippen LogP contribution in [0.2, 0.25) is 0 Å². The van der Waals surface area contributed by atoms with Crippen molar-refractivity contribution in [3.63, 3.8) is 0 Å². The number of hydrogen-bond acceptors (Lipinski definition) is 4. The van der Waals surface area contributed by atoms with Crippen LogP contribution in [0.3, 0.4) is 0 Å². The highest BCUT2D eigenvalue weighted by Gasteiger charge is 2.55. The molecule has 0 radical (unpaired) electrons. The van der Waals surface area contributed by atoms with Gasteiger partial charge in [-0.1, -0.05) is 26.0 Å². The Balaban J connectivity index is 1.28. The van der Waals surface area contributed by atoms with Crippen molar-refractivity contribution >= 4 is 11.8 Å². The van der Waals surface area contributed by atoms with Gasteiger partial charge in [0.25, 0.3) is 0 Å². The van der Waals surface area contributed by atoms with Crippen LogP contribution in [0.1, 0.15) is 70.9 Å². The predicted octanol–water partition coefficient (Wildman–Crippen LogP) is 4.14. The summed E-state index contributed by atoms with van der Waals surface area (Å²) in [5, 5.41) is 7.40. The average molecular weight is 464 g/mol. The van der Waals surface area contributed by atoms with E-state index in [1.165, 1.54) is 25.6 Å². The van der Waals surface area contributed by atoms with E-state index in [1.54, 1.807) is 15.9 Å². The molecule has 4 aliphatic carbocycles. The number of benzene rings is 1. The summed E-state index contributed by atoms with van der Waals surface area (Å²) in [6, 6.07) is 7.37. The van der Waals surface area contributed by atoms with Gasteiger partial charge in [0.1, 0.15) is 18.7 Å². The molecule has 6 rings (SSSR count). The standard InChI is InChI=1S/C27H37N5O2/c1-17(2)24(30-26(34)27-12-19-9-20(13-27)11-21(10-19)14-27)25(33)31(4)18(3)22-5-7-23(8-6-22)32-16-28-15-29-32/h5-8,15-21,24H,9-14H2,1-4H3,(H,30,34). The third-order valence-electron chi connectivity index (χ3n) is 8.73. The number of aromatic nitrogens is 3. The Morgan fingerprint density at radius 3 is 2.12 bits per heavy atom. The van der Waals surface area contributed by atoms with Gasteiger partial charge in [-0.2, -0.15) is 5.10 Å². The predicted molar refractivity (Wildman–Crippen MR) is 130 cm³/mol. The number of nitrogens with one attached hydrogen (secondary N) is 1. The zero-order chi connectivity index (χ0) is 24.0. The molecular weight excluding hydrogens is 426 g/mol. The molecule has 4 aliphatic rings. The van der Waals surface area contributed by atoms with Gasteiger partial charge in [0.15, 0.2) is 0 Å². The van der Waals surface area contributed by atoms with Crippen molar-refractivity contribution in [1.82, 2.24) is 25.0 Å². The summed E-state index contributed by atoms with van der Waals surface area (Å²) in [5.41, 5.74) is 1.71. The van der Waals surface area contributed by atoms with Crippen molar-refractivity contribution in [2.24, 2.45) is 29.1 Å². The zero-order valence-electron chi connectivity index (χ0n) is 20.8. The van der Waals surface area contributed by atoms with E-state index in [2.05, 4.69) is 15.4 Å². The lowest BCUT2D eigenvalue weighted by Gasteiger charge is -2.56. The maximum absolute atomic E-state index is 13.6. The van der Waals surface area contributed by atoms with Gasteiger partial charge >= 0.3 is 0 Å². The van der Waals surface area contributed by atoms with Gasteiger partial charge in [0.2, 0.25) is 11.8 Å². The van der Waals surface area contributed by atoms with Crippen molar-refractivity contribution in [3.8, 4) is 5.69 Å². The number of carbonyl (C=O) groups excluding carboxylic acids is 2. The molecule has 2 unspecified atom stereocenters. The molecular formula is C27H37N5O2. The Labute approximate surface area is 202 Å². The molecule has 182 valence electrons. The maximum atomic E-state index is 13.6. The first-order chi connectivity index (χ1) is 16.3. The topological polar surface area (TPSA) is 80.1 Å². The SMILES string of the molecule is CC(C)C(NC(=O)C12CC3CC(CC(C3)C1)C2)C(=O)N(C)C(C)c1ccc(-n2cncn2)cc1. The van der Waals surface area contributed by atoms with Crippen molar-refractivity contribution in [3.05, 3.63) is 42.5 Å². The summed E-state index contributed by atoms with van der Waals surface area (Å²) in [6.45, 7) is 6.07. The van der Waals surface area contributed by atoms with E-state index < -0.39 is 6.04 Å².